The second-order valence-corrected chi connectivity index (χ2v) is 12.6. The molecule has 0 fully saturated rings. The van der Waals surface area contributed by atoms with E-state index in [0.717, 1.165) is 42.1 Å². The number of amides is 1. The number of rotatable bonds is 20. The van der Waals surface area contributed by atoms with Gasteiger partial charge in [0.2, 0.25) is 5.91 Å². The lowest BCUT2D eigenvalue weighted by Crippen LogP contribution is -2.29. The number of unbranched alkanes of at least 4 members (excludes halogenated alkanes) is 11. The van der Waals surface area contributed by atoms with E-state index in [4.69, 9.17) is 9.47 Å². The zero-order chi connectivity index (χ0) is 30.9. The molecule has 1 aliphatic rings. The highest BCUT2D eigenvalue weighted by Crippen LogP contribution is 2.34. The molecule has 2 aromatic carbocycles. The molecule has 236 valence electrons. The summed E-state index contributed by atoms with van der Waals surface area (Å²) in [5.74, 6) is 1.48. The third-order valence-electron chi connectivity index (χ3n) is 8.84. The summed E-state index contributed by atoms with van der Waals surface area (Å²) >= 11 is 0. The van der Waals surface area contributed by atoms with Gasteiger partial charge in [-0.1, -0.05) is 108 Å². The number of allylic oxidation sites excluding steroid dienone is 1. The minimum Gasteiger partial charge on any atom is -0.493 e. The van der Waals surface area contributed by atoms with Crippen molar-refractivity contribution in [3.05, 3.63) is 65.2 Å². The summed E-state index contributed by atoms with van der Waals surface area (Å²) in [6.07, 6.45) is 20.7. The van der Waals surface area contributed by atoms with Gasteiger partial charge in [0.1, 0.15) is 0 Å². The summed E-state index contributed by atoms with van der Waals surface area (Å²) in [5, 5.41) is 0. The molecule has 2 aromatic rings. The Morgan fingerprint density at radius 1 is 0.884 bits per heavy atom. The van der Waals surface area contributed by atoms with Gasteiger partial charge < -0.3 is 14.4 Å². The van der Waals surface area contributed by atoms with Crippen LogP contribution in [0.2, 0.25) is 0 Å². The number of benzene rings is 2. The van der Waals surface area contributed by atoms with E-state index in [1.54, 1.807) is 14.0 Å². The molecule has 0 saturated heterocycles. The number of nitrogens with zero attached hydrogens (tertiary/aromatic N) is 2. The third-order valence-corrected chi connectivity index (χ3v) is 8.84. The largest absolute Gasteiger partial charge is 0.493 e. The molecule has 5 nitrogen and oxygen atoms in total. The second-order valence-electron chi connectivity index (χ2n) is 12.6. The average Bonchev–Trinajstić information content (AvgIpc) is 3.00. The van der Waals surface area contributed by atoms with Gasteiger partial charge >= 0.3 is 0 Å². The van der Waals surface area contributed by atoms with Crippen LogP contribution in [0.5, 0.6) is 11.5 Å². The van der Waals surface area contributed by atoms with Crippen molar-refractivity contribution >= 4 is 17.8 Å². The summed E-state index contributed by atoms with van der Waals surface area (Å²) in [6.45, 7) is 10.3. The molecule has 1 atom stereocenters. The number of ether oxygens (including phenoxy) is 2. The van der Waals surface area contributed by atoms with Crippen LogP contribution < -0.4 is 14.4 Å². The van der Waals surface area contributed by atoms with Gasteiger partial charge in [-0.05, 0) is 61.2 Å². The van der Waals surface area contributed by atoms with Crippen molar-refractivity contribution in [3.63, 3.8) is 0 Å². The van der Waals surface area contributed by atoms with Crippen molar-refractivity contribution in [2.24, 2.45) is 10.4 Å². The molecule has 0 N–H and O–H groups in total. The third kappa shape index (κ3) is 11.5. The summed E-state index contributed by atoms with van der Waals surface area (Å²) < 4.78 is 11.8. The zero-order valence-electron chi connectivity index (χ0n) is 27.6. The Balaban J connectivity index is 1.50. The van der Waals surface area contributed by atoms with E-state index in [2.05, 4.69) is 44.0 Å². The molecule has 0 bridgehead atoms. The topological polar surface area (TPSA) is 51.1 Å². The number of aliphatic imine (C=N–C) groups is 1. The van der Waals surface area contributed by atoms with Crippen LogP contribution in [-0.4, -0.2) is 32.4 Å². The van der Waals surface area contributed by atoms with Crippen molar-refractivity contribution in [3.8, 4) is 11.5 Å². The predicted molar refractivity (Wildman–Crippen MR) is 182 cm³/mol. The number of methoxy groups -OCH3 is 1. The molecule has 0 aromatic heterocycles. The van der Waals surface area contributed by atoms with E-state index in [1.807, 2.05) is 41.4 Å². The summed E-state index contributed by atoms with van der Waals surface area (Å²) in [4.78, 5) is 19.2. The normalized spacial score (nSPS) is 16.2. The molecule has 1 amide bonds. The molecule has 1 unspecified atom stereocenters. The van der Waals surface area contributed by atoms with Gasteiger partial charge in [0.15, 0.2) is 11.5 Å². The quantitative estimate of drug-likeness (QED) is 0.145. The minimum absolute atomic E-state index is 0.00972. The van der Waals surface area contributed by atoms with E-state index in [-0.39, 0.29) is 11.3 Å². The molecule has 0 aliphatic carbocycles. The van der Waals surface area contributed by atoms with Crippen LogP contribution in [0.1, 0.15) is 116 Å². The van der Waals surface area contributed by atoms with Gasteiger partial charge in [0.05, 0.1) is 20.3 Å². The SMILES string of the molecule is CCCCCCCCCCCCCCOc1cc(CN(C(C)=O)c2cccc(CC3(C)CN=CC=C3C)c2)ccc1OC. The number of carbonyl (C=O) groups excluding carboxylic acids is 1. The molecule has 3 rings (SSSR count). The van der Waals surface area contributed by atoms with Crippen LogP contribution in [0.3, 0.4) is 0 Å². The van der Waals surface area contributed by atoms with Gasteiger partial charge in [-0.15, -0.1) is 0 Å². The number of carbonyl (C=O) groups is 1. The van der Waals surface area contributed by atoms with Gasteiger partial charge in [0.25, 0.3) is 0 Å². The Hall–Kier alpha value is -3.08. The minimum atomic E-state index is -0.00972. The Kier molecular flexibility index (Phi) is 14.8. The highest BCUT2D eigenvalue weighted by molar-refractivity contribution is 5.91. The standard InChI is InChI=1S/C38H56N2O3/c1-6-7-8-9-10-11-12-13-14-15-16-17-25-43-37-27-34(21-22-36(37)42-5)29-40(32(3)41)35-20-18-19-33(26-35)28-38(4)30-39-24-23-31(38)2/h18-24,26-27H,6-17,25,28-30H2,1-5H3. The zero-order valence-corrected chi connectivity index (χ0v) is 27.6. The molecular formula is C38H56N2O3. The van der Waals surface area contributed by atoms with E-state index in [9.17, 15) is 4.79 Å². The lowest BCUT2D eigenvalue weighted by atomic mass is 9.76. The van der Waals surface area contributed by atoms with Gasteiger partial charge in [0, 0.05) is 30.8 Å². The van der Waals surface area contributed by atoms with Gasteiger partial charge in [-0.3, -0.25) is 9.79 Å². The first-order valence-electron chi connectivity index (χ1n) is 16.7. The summed E-state index contributed by atoms with van der Waals surface area (Å²) in [7, 11) is 1.67. The lowest BCUT2D eigenvalue weighted by molar-refractivity contribution is -0.116. The first kappa shape index (κ1) is 34.4. The van der Waals surface area contributed by atoms with E-state index < -0.39 is 0 Å². The molecule has 1 aliphatic heterocycles. The van der Waals surface area contributed by atoms with E-state index in [1.165, 1.54) is 81.8 Å². The van der Waals surface area contributed by atoms with E-state index >= 15 is 0 Å². The molecule has 0 saturated carbocycles. The maximum absolute atomic E-state index is 12.8. The first-order valence-corrected chi connectivity index (χ1v) is 16.7. The number of hydrogen-bond acceptors (Lipinski definition) is 4. The fraction of sp³-hybridized carbons (Fsp3) is 0.579. The summed E-state index contributed by atoms with van der Waals surface area (Å²) in [5.41, 5.74) is 4.45. The lowest BCUT2D eigenvalue weighted by Gasteiger charge is -2.31. The predicted octanol–water partition coefficient (Wildman–Crippen LogP) is 9.91. The van der Waals surface area contributed by atoms with E-state index in [0.29, 0.717) is 13.2 Å². The fourth-order valence-electron chi connectivity index (χ4n) is 5.85. The Labute approximate surface area is 261 Å². The van der Waals surface area contributed by atoms with Crippen molar-refractivity contribution < 1.29 is 14.3 Å². The Bertz CT molecular complexity index is 1190. The highest BCUT2D eigenvalue weighted by atomic mass is 16.5. The number of dihydropyridines is 1. The molecule has 1 heterocycles. The van der Waals surface area contributed by atoms with Crippen molar-refractivity contribution in [1.29, 1.82) is 0 Å². The second kappa shape index (κ2) is 18.6. The maximum atomic E-state index is 12.8. The smallest absolute Gasteiger partial charge is 0.224 e. The molecule has 0 radical (unpaired) electrons. The van der Waals surface area contributed by atoms with Crippen LogP contribution >= 0.6 is 0 Å². The fourth-order valence-corrected chi connectivity index (χ4v) is 5.85. The van der Waals surface area contributed by atoms with Crippen LogP contribution in [-0.2, 0) is 17.8 Å². The first-order chi connectivity index (χ1) is 20.9. The van der Waals surface area contributed by atoms with Crippen LogP contribution in [0.25, 0.3) is 0 Å². The Morgan fingerprint density at radius 2 is 1.56 bits per heavy atom. The summed E-state index contributed by atoms with van der Waals surface area (Å²) in [6, 6.07) is 14.3. The number of hydrogen-bond donors (Lipinski definition) is 0. The van der Waals surface area contributed by atoms with Crippen molar-refractivity contribution in [1.82, 2.24) is 0 Å². The number of anilines is 1. The molecular weight excluding hydrogens is 532 g/mol. The van der Waals surface area contributed by atoms with Crippen LogP contribution in [0.15, 0.2) is 59.1 Å². The molecule has 43 heavy (non-hydrogen) atoms. The monoisotopic (exact) mass is 588 g/mol. The average molecular weight is 589 g/mol. The maximum Gasteiger partial charge on any atom is 0.224 e. The molecule has 0 spiro atoms. The van der Waals surface area contributed by atoms with Gasteiger partial charge in [-0.2, -0.15) is 0 Å². The van der Waals surface area contributed by atoms with Crippen LogP contribution in [0.4, 0.5) is 5.69 Å². The van der Waals surface area contributed by atoms with Crippen LogP contribution in [0, 0.1) is 5.41 Å². The van der Waals surface area contributed by atoms with Gasteiger partial charge in [-0.25, -0.2) is 0 Å². The molecule has 5 heteroatoms. The van der Waals surface area contributed by atoms with Crippen molar-refractivity contribution in [2.75, 3.05) is 25.2 Å². The highest BCUT2D eigenvalue weighted by Gasteiger charge is 2.28. The van der Waals surface area contributed by atoms with Crippen molar-refractivity contribution in [2.45, 2.75) is 118 Å². The Morgan fingerprint density at radius 3 is 2.19 bits per heavy atom.